The third kappa shape index (κ3) is 6.72. The van der Waals surface area contributed by atoms with Crippen LogP contribution in [0.1, 0.15) is 37.8 Å². The van der Waals surface area contributed by atoms with E-state index >= 15 is 0 Å². The van der Waals surface area contributed by atoms with Gasteiger partial charge in [0, 0.05) is 45.2 Å². The first-order chi connectivity index (χ1) is 14.1. The summed E-state index contributed by atoms with van der Waals surface area (Å²) in [7, 11) is 6.10. The number of benzene rings is 1. The van der Waals surface area contributed by atoms with Crippen LogP contribution < -0.4 is 10.1 Å². The van der Waals surface area contributed by atoms with Gasteiger partial charge in [-0.05, 0) is 63.4 Å². The van der Waals surface area contributed by atoms with Crippen LogP contribution in [0.2, 0.25) is 0 Å². The van der Waals surface area contributed by atoms with Crippen molar-refractivity contribution in [3.05, 3.63) is 29.8 Å². The molecule has 2 heterocycles. The fourth-order valence-corrected chi connectivity index (χ4v) is 4.65. The van der Waals surface area contributed by atoms with Gasteiger partial charge in [-0.1, -0.05) is 12.1 Å². The Labute approximate surface area is 199 Å². The zero-order valence-corrected chi connectivity index (χ0v) is 21.3. The van der Waals surface area contributed by atoms with Gasteiger partial charge in [0.25, 0.3) is 0 Å². The van der Waals surface area contributed by atoms with Gasteiger partial charge in [0.1, 0.15) is 5.75 Å². The molecule has 3 rings (SSSR count). The van der Waals surface area contributed by atoms with Gasteiger partial charge in [-0.25, -0.2) is 0 Å². The van der Waals surface area contributed by atoms with Crippen LogP contribution in [0.5, 0.6) is 5.75 Å². The maximum Gasteiger partial charge on any atom is 0.193 e. The van der Waals surface area contributed by atoms with Gasteiger partial charge in [-0.3, -0.25) is 9.89 Å². The Balaban J connectivity index is 0.00000320. The first kappa shape index (κ1) is 25.2. The van der Waals surface area contributed by atoms with Crippen molar-refractivity contribution in [2.75, 3.05) is 60.6 Å². The molecular formula is C23H39IN4O2. The normalized spacial score (nSPS) is 24.9. The standard InChI is InChI=1S/C23H38N4O2.HI/c1-5-24-23(27(3)16-18-12-14-29-17-18)25-15-20-7-6-13-26(2)22(20)19-8-10-21(28-4)11-9-19;/h8-11,18,20,22H,5-7,12-17H2,1-4H3,(H,24,25);1H. The molecule has 2 aliphatic heterocycles. The summed E-state index contributed by atoms with van der Waals surface area (Å²) in [6.07, 6.45) is 3.59. The molecule has 0 aromatic heterocycles. The highest BCUT2D eigenvalue weighted by molar-refractivity contribution is 14.0. The molecule has 170 valence electrons. The first-order valence-electron chi connectivity index (χ1n) is 11.0. The SMILES string of the molecule is CCNC(=NCC1CCCN(C)C1c1ccc(OC)cc1)N(C)CC1CCOC1.I. The number of halogens is 1. The van der Waals surface area contributed by atoms with Crippen molar-refractivity contribution in [2.24, 2.45) is 16.8 Å². The molecule has 6 nitrogen and oxygen atoms in total. The predicted molar refractivity (Wildman–Crippen MR) is 134 cm³/mol. The van der Waals surface area contributed by atoms with Gasteiger partial charge in [-0.15, -0.1) is 24.0 Å². The van der Waals surface area contributed by atoms with E-state index in [2.05, 4.69) is 60.4 Å². The maximum atomic E-state index is 5.54. The largest absolute Gasteiger partial charge is 0.497 e. The number of ether oxygens (including phenoxy) is 2. The van der Waals surface area contributed by atoms with Crippen LogP contribution in [0.3, 0.4) is 0 Å². The van der Waals surface area contributed by atoms with E-state index in [1.54, 1.807) is 7.11 Å². The van der Waals surface area contributed by atoms with E-state index in [4.69, 9.17) is 14.5 Å². The van der Waals surface area contributed by atoms with Crippen LogP contribution >= 0.6 is 24.0 Å². The average molecular weight is 530 g/mol. The number of aliphatic imine (C=N–C) groups is 1. The number of methoxy groups -OCH3 is 1. The smallest absolute Gasteiger partial charge is 0.193 e. The zero-order chi connectivity index (χ0) is 20.6. The maximum absolute atomic E-state index is 5.54. The number of piperidine rings is 1. The summed E-state index contributed by atoms with van der Waals surface area (Å²) in [6.45, 7) is 7.76. The van der Waals surface area contributed by atoms with Crippen molar-refractivity contribution in [3.63, 3.8) is 0 Å². The second-order valence-corrected chi connectivity index (χ2v) is 8.41. The summed E-state index contributed by atoms with van der Waals surface area (Å²) in [5.41, 5.74) is 1.36. The Bertz CT molecular complexity index is 649. The molecule has 30 heavy (non-hydrogen) atoms. The van der Waals surface area contributed by atoms with Gasteiger partial charge < -0.3 is 19.7 Å². The van der Waals surface area contributed by atoms with E-state index in [-0.39, 0.29) is 24.0 Å². The molecule has 0 spiro atoms. The molecule has 0 saturated carbocycles. The van der Waals surface area contributed by atoms with Crippen molar-refractivity contribution < 1.29 is 9.47 Å². The molecule has 0 radical (unpaired) electrons. The summed E-state index contributed by atoms with van der Waals surface area (Å²) in [5.74, 6) is 3.05. The van der Waals surface area contributed by atoms with Crippen LogP contribution in [0.4, 0.5) is 0 Å². The van der Waals surface area contributed by atoms with Gasteiger partial charge in [0.15, 0.2) is 5.96 Å². The lowest BCUT2D eigenvalue weighted by Crippen LogP contribution is -2.42. The fraction of sp³-hybridized carbons (Fsp3) is 0.696. The molecular weight excluding hydrogens is 491 g/mol. The van der Waals surface area contributed by atoms with Crippen molar-refractivity contribution in [2.45, 2.75) is 32.2 Å². The zero-order valence-electron chi connectivity index (χ0n) is 19.0. The number of hydrogen-bond acceptors (Lipinski definition) is 4. The molecule has 3 unspecified atom stereocenters. The summed E-state index contributed by atoms with van der Waals surface area (Å²) >= 11 is 0. The highest BCUT2D eigenvalue weighted by atomic mass is 127. The number of likely N-dealkylation sites (tertiary alicyclic amines) is 1. The molecule has 0 aliphatic carbocycles. The topological polar surface area (TPSA) is 49.3 Å². The van der Waals surface area contributed by atoms with Crippen LogP contribution in [0, 0.1) is 11.8 Å². The third-order valence-corrected chi connectivity index (χ3v) is 6.19. The second kappa shape index (κ2) is 12.7. The van der Waals surface area contributed by atoms with Gasteiger partial charge in [0.05, 0.1) is 13.7 Å². The number of rotatable bonds is 7. The first-order valence-corrected chi connectivity index (χ1v) is 11.0. The molecule has 0 amide bonds. The van der Waals surface area contributed by atoms with E-state index in [1.807, 2.05) is 0 Å². The van der Waals surface area contributed by atoms with Crippen molar-refractivity contribution in [1.82, 2.24) is 15.1 Å². The summed E-state index contributed by atoms with van der Waals surface area (Å²) in [4.78, 5) is 9.82. The molecule has 2 saturated heterocycles. The minimum absolute atomic E-state index is 0. The highest BCUT2D eigenvalue weighted by Crippen LogP contribution is 2.35. The lowest BCUT2D eigenvalue weighted by molar-refractivity contribution is 0.125. The number of nitrogens with zero attached hydrogens (tertiary/aromatic N) is 3. The Morgan fingerprint density at radius 3 is 2.70 bits per heavy atom. The van der Waals surface area contributed by atoms with Crippen LogP contribution in [-0.4, -0.2) is 76.4 Å². The Morgan fingerprint density at radius 1 is 1.30 bits per heavy atom. The molecule has 3 atom stereocenters. The summed E-state index contributed by atoms with van der Waals surface area (Å²) < 4.78 is 10.9. The van der Waals surface area contributed by atoms with E-state index in [0.717, 1.165) is 57.5 Å². The third-order valence-electron chi connectivity index (χ3n) is 6.19. The lowest BCUT2D eigenvalue weighted by Gasteiger charge is -2.39. The number of guanidine groups is 1. The van der Waals surface area contributed by atoms with Gasteiger partial charge in [0.2, 0.25) is 0 Å². The molecule has 2 fully saturated rings. The predicted octanol–water partition coefficient (Wildman–Crippen LogP) is 3.63. The number of hydrogen-bond donors (Lipinski definition) is 1. The minimum atomic E-state index is 0. The van der Waals surface area contributed by atoms with Crippen molar-refractivity contribution in [3.8, 4) is 5.75 Å². The fourth-order valence-electron chi connectivity index (χ4n) is 4.65. The number of nitrogens with one attached hydrogen (secondary N) is 1. The van der Waals surface area contributed by atoms with Crippen molar-refractivity contribution >= 4 is 29.9 Å². The van der Waals surface area contributed by atoms with Crippen LogP contribution in [0.25, 0.3) is 0 Å². The monoisotopic (exact) mass is 530 g/mol. The Hall–Kier alpha value is -1.06. The van der Waals surface area contributed by atoms with E-state index in [9.17, 15) is 0 Å². The Morgan fingerprint density at radius 2 is 2.07 bits per heavy atom. The van der Waals surface area contributed by atoms with Crippen LogP contribution in [0.15, 0.2) is 29.3 Å². The summed E-state index contributed by atoms with van der Waals surface area (Å²) in [6, 6.07) is 8.95. The minimum Gasteiger partial charge on any atom is -0.497 e. The van der Waals surface area contributed by atoms with E-state index in [1.165, 1.54) is 18.4 Å². The molecule has 2 aliphatic rings. The van der Waals surface area contributed by atoms with Gasteiger partial charge in [-0.2, -0.15) is 0 Å². The van der Waals surface area contributed by atoms with Crippen LogP contribution in [-0.2, 0) is 4.74 Å². The average Bonchev–Trinajstić information content (AvgIpc) is 3.24. The molecule has 7 heteroatoms. The molecule has 1 N–H and O–H groups in total. The molecule has 1 aromatic rings. The van der Waals surface area contributed by atoms with Crippen molar-refractivity contribution in [1.29, 1.82) is 0 Å². The quantitative estimate of drug-likeness (QED) is 0.332. The van der Waals surface area contributed by atoms with E-state index < -0.39 is 0 Å². The lowest BCUT2D eigenvalue weighted by atomic mass is 9.85. The second-order valence-electron chi connectivity index (χ2n) is 8.41. The summed E-state index contributed by atoms with van der Waals surface area (Å²) in [5, 5.41) is 3.48. The highest BCUT2D eigenvalue weighted by Gasteiger charge is 2.30. The molecule has 1 aromatic carbocycles. The molecule has 0 bridgehead atoms. The van der Waals surface area contributed by atoms with E-state index in [0.29, 0.717) is 17.9 Å². The van der Waals surface area contributed by atoms with Gasteiger partial charge >= 0.3 is 0 Å². The Kier molecular flexibility index (Phi) is 10.7.